The normalized spacial score (nSPS) is 18.5. The maximum atomic E-state index is 12.8. The van der Waals surface area contributed by atoms with E-state index in [9.17, 15) is 18.0 Å². The number of halogens is 3. The van der Waals surface area contributed by atoms with E-state index in [0.717, 1.165) is 17.8 Å². The van der Waals surface area contributed by atoms with E-state index >= 15 is 0 Å². The minimum atomic E-state index is -4.45. The Hall–Kier alpha value is -1.34. The van der Waals surface area contributed by atoms with Crippen molar-refractivity contribution in [3.05, 3.63) is 40.3 Å². The summed E-state index contributed by atoms with van der Waals surface area (Å²) >= 11 is 5.92. The first-order valence-corrected chi connectivity index (χ1v) is 6.41. The summed E-state index contributed by atoms with van der Waals surface area (Å²) < 4.78 is 38.8. The Labute approximate surface area is 117 Å². The average molecular weight is 303 g/mol. The van der Waals surface area contributed by atoms with Crippen LogP contribution in [0.4, 0.5) is 13.2 Å². The lowest BCUT2D eigenvalue weighted by molar-refractivity contribution is -0.137. The topological polar surface area (TPSA) is 20.3 Å². The number of alkyl halides is 3. The molecule has 1 fully saturated rings. The van der Waals surface area contributed by atoms with Gasteiger partial charge < -0.3 is 0 Å². The first-order valence-electron chi connectivity index (χ1n) is 5.18. The van der Waals surface area contributed by atoms with E-state index in [1.54, 1.807) is 0 Å². The van der Waals surface area contributed by atoms with Gasteiger partial charge in [0.1, 0.15) is 4.32 Å². The molecule has 1 heterocycles. The van der Waals surface area contributed by atoms with E-state index in [1.807, 2.05) is 0 Å². The second-order valence-electron chi connectivity index (χ2n) is 3.83. The Morgan fingerprint density at radius 2 is 1.95 bits per heavy atom. The predicted molar refractivity (Wildman–Crippen MR) is 72.4 cm³/mol. The maximum absolute atomic E-state index is 12.8. The molecular formula is C12H8F3NOS2. The summed E-state index contributed by atoms with van der Waals surface area (Å²) in [6.45, 7) is 0. The Kier molecular flexibility index (Phi) is 3.69. The van der Waals surface area contributed by atoms with Crippen molar-refractivity contribution in [1.29, 1.82) is 0 Å². The van der Waals surface area contributed by atoms with Crippen LogP contribution in [0.15, 0.2) is 29.2 Å². The lowest BCUT2D eigenvalue weighted by atomic mass is 10.1. The van der Waals surface area contributed by atoms with Gasteiger partial charge in [0.2, 0.25) is 0 Å². The predicted octanol–water partition coefficient (Wildman–Crippen LogP) is 3.54. The molecule has 1 aliphatic heterocycles. The molecule has 1 aromatic carbocycles. The maximum Gasteiger partial charge on any atom is 0.416 e. The van der Waals surface area contributed by atoms with Crippen molar-refractivity contribution in [2.24, 2.45) is 0 Å². The van der Waals surface area contributed by atoms with Gasteiger partial charge >= 0.3 is 6.18 Å². The molecule has 2 nitrogen and oxygen atoms in total. The lowest BCUT2D eigenvalue weighted by Crippen LogP contribution is -2.22. The van der Waals surface area contributed by atoms with Gasteiger partial charge in [-0.05, 0) is 17.7 Å². The third-order valence-electron chi connectivity index (χ3n) is 2.54. The van der Waals surface area contributed by atoms with E-state index in [4.69, 9.17) is 12.2 Å². The first-order chi connectivity index (χ1) is 8.80. The largest absolute Gasteiger partial charge is 0.416 e. The summed E-state index contributed by atoms with van der Waals surface area (Å²) in [5, 5.41) is 0. The van der Waals surface area contributed by atoms with Gasteiger partial charge in [-0.25, -0.2) is 0 Å². The third kappa shape index (κ3) is 2.82. The average Bonchev–Trinajstić information content (AvgIpc) is 2.56. The van der Waals surface area contributed by atoms with Crippen LogP contribution in [0.3, 0.4) is 0 Å². The van der Waals surface area contributed by atoms with E-state index in [1.165, 1.54) is 36.2 Å². The molecule has 0 aromatic heterocycles. The molecule has 1 saturated heterocycles. The summed E-state index contributed by atoms with van der Waals surface area (Å²) in [6, 6.07) is 5.11. The monoisotopic (exact) mass is 303 g/mol. The molecule has 7 heteroatoms. The Morgan fingerprint density at radius 3 is 2.47 bits per heavy atom. The van der Waals surface area contributed by atoms with E-state index in [-0.39, 0.29) is 16.4 Å². The molecule has 0 bridgehead atoms. The van der Waals surface area contributed by atoms with Gasteiger partial charge in [-0.15, -0.1) is 0 Å². The zero-order valence-corrected chi connectivity index (χ0v) is 11.3. The number of hydrogen-bond acceptors (Lipinski definition) is 3. The van der Waals surface area contributed by atoms with Gasteiger partial charge in [0.05, 0.1) is 10.5 Å². The molecule has 0 saturated carbocycles. The molecule has 1 aliphatic rings. The Balaban J connectivity index is 2.45. The molecule has 2 rings (SSSR count). The smallest absolute Gasteiger partial charge is 0.296 e. The van der Waals surface area contributed by atoms with Gasteiger partial charge in [0, 0.05) is 7.05 Å². The van der Waals surface area contributed by atoms with Crippen molar-refractivity contribution in [3.63, 3.8) is 0 Å². The van der Waals surface area contributed by atoms with Gasteiger partial charge in [0.15, 0.2) is 0 Å². The fraction of sp³-hybridized carbons (Fsp3) is 0.167. The van der Waals surface area contributed by atoms with Crippen LogP contribution in [-0.4, -0.2) is 22.2 Å². The van der Waals surface area contributed by atoms with E-state index in [2.05, 4.69) is 0 Å². The molecule has 0 spiro atoms. The highest BCUT2D eigenvalue weighted by atomic mass is 32.2. The molecule has 1 amide bonds. The Bertz CT molecular complexity index is 581. The summed E-state index contributed by atoms with van der Waals surface area (Å²) in [5.41, 5.74) is -0.805. The van der Waals surface area contributed by atoms with E-state index in [0.29, 0.717) is 4.32 Å². The number of nitrogens with zero attached hydrogens (tertiary/aromatic N) is 1. The first kappa shape index (κ1) is 14.1. The second kappa shape index (κ2) is 4.97. The van der Waals surface area contributed by atoms with Crippen LogP contribution < -0.4 is 0 Å². The van der Waals surface area contributed by atoms with Crippen molar-refractivity contribution in [1.82, 2.24) is 4.90 Å². The Morgan fingerprint density at radius 1 is 1.32 bits per heavy atom. The number of thiocarbonyl (C=S) groups is 1. The number of amides is 1. The van der Waals surface area contributed by atoms with Crippen LogP contribution in [0.2, 0.25) is 0 Å². The van der Waals surface area contributed by atoms with Crippen LogP contribution in [-0.2, 0) is 11.0 Å². The minimum Gasteiger partial charge on any atom is -0.296 e. The number of thioether (sulfide) groups is 1. The van der Waals surface area contributed by atoms with E-state index < -0.39 is 11.7 Å². The fourth-order valence-corrected chi connectivity index (χ4v) is 2.74. The number of carbonyl (C=O) groups is 1. The number of hydrogen-bond donors (Lipinski definition) is 0. The summed E-state index contributed by atoms with van der Waals surface area (Å²) in [7, 11) is 1.49. The molecule has 0 N–H and O–H groups in total. The lowest BCUT2D eigenvalue weighted by Gasteiger charge is -2.10. The molecule has 0 atom stereocenters. The summed E-state index contributed by atoms with van der Waals surface area (Å²) in [6.07, 6.45) is -3.22. The van der Waals surface area contributed by atoms with Gasteiger partial charge in [-0.3, -0.25) is 9.69 Å². The van der Waals surface area contributed by atoms with Crippen molar-refractivity contribution >= 4 is 40.3 Å². The number of benzene rings is 1. The van der Waals surface area contributed by atoms with Crippen LogP contribution in [0.25, 0.3) is 6.08 Å². The van der Waals surface area contributed by atoms with Crippen molar-refractivity contribution in [2.45, 2.75) is 6.18 Å². The molecule has 0 unspecified atom stereocenters. The second-order valence-corrected chi connectivity index (χ2v) is 5.50. The summed E-state index contributed by atoms with van der Waals surface area (Å²) in [5.74, 6) is -0.382. The highest BCUT2D eigenvalue weighted by Crippen LogP contribution is 2.36. The molecule has 1 aromatic rings. The number of rotatable bonds is 1. The molecule has 19 heavy (non-hydrogen) atoms. The molecule has 0 aliphatic carbocycles. The quantitative estimate of drug-likeness (QED) is 0.585. The number of carbonyl (C=O) groups excluding carboxylic acids is 1. The highest BCUT2D eigenvalue weighted by Gasteiger charge is 2.34. The van der Waals surface area contributed by atoms with Crippen molar-refractivity contribution < 1.29 is 18.0 Å². The third-order valence-corrected chi connectivity index (χ3v) is 4.02. The molecule has 0 radical (unpaired) electrons. The van der Waals surface area contributed by atoms with Crippen LogP contribution >= 0.6 is 24.0 Å². The van der Waals surface area contributed by atoms with Gasteiger partial charge in [-0.1, -0.05) is 42.2 Å². The van der Waals surface area contributed by atoms with Gasteiger partial charge in [0.25, 0.3) is 5.91 Å². The standard InChI is InChI=1S/C12H8F3NOS2/c1-16-10(17)9(19-11(16)18)6-7-4-2-3-5-8(7)12(13,14)15/h2-6H,1H3/b9-6+. The van der Waals surface area contributed by atoms with Crippen molar-refractivity contribution in [2.75, 3.05) is 7.05 Å². The molecular weight excluding hydrogens is 295 g/mol. The summed E-state index contributed by atoms with van der Waals surface area (Å²) in [4.78, 5) is 13.2. The van der Waals surface area contributed by atoms with Crippen LogP contribution in [0, 0.1) is 0 Å². The SMILES string of the molecule is CN1C(=O)/C(=C\c2ccccc2C(F)(F)F)SC1=S. The zero-order chi connectivity index (χ0) is 14.2. The molecule has 100 valence electrons. The minimum absolute atomic E-state index is 0.0380. The van der Waals surface area contributed by atoms with Gasteiger partial charge in [-0.2, -0.15) is 13.2 Å². The van der Waals surface area contributed by atoms with Crippen LogP contribution in [0.1, 0.15) is 11.1 Å². The zero-order valence-electron chi connectivity index (χ0n) is 9.69. The van der Waals surface area contributed by atoms with Crippen molar-refractivity contribution in [3.8, 4) is 0 Å². The fourth-order valence-electron chi connectivity index (χ4n) is 1.57. The van der Waals surface area contributed by atoms with Crippen LogP contribution in [0.5, 0.6) is 0 Å². The number of likely N-dealkylation sites (N-methyl/N-ethyl adjacent to an activating group) is 1. The highest BCUT2D eigenvalue weighted by molar-refractivity contribution is 8.26.